The van der Waals surface area contributed by atoms with Crippen LogP contribution in [0.4, 0.5) is 5.82 Å². The molecule has 0 aliphatic heterocycles. The molecule has 16 heavy (non-hydrogen) atoms. The first-order valence-corrected chi connectivity index (χ1v) is 6.95. The molecule has 1 aromatic heterocycles. The van der Waals surface area contributed by atoms with Crippen LogP contribution >= 0.6 is 11.8 Å². The molecule has 2 N–H and O–H groups in total. The summed E-state index contributed by atoms with van der Waals surface area (Å²) in [7, 11) is 2.09. The number of rotatable bonds is 6. The van der Waals surface area contributed by atoms with Crippen LogP contribution in [0.15, 0.2) is 18.3 Å². The van der Waals surface area contributed by atoms with E-state index in [1.807, 2.05) is 18.0 Å². The molecule has 0 saturated carbocycles. The Labute approximate surface area is 102 Å². The van der Waals surface area contributed by atoms with Gasteiger partial charge in [-0.2, -0.15) is 11.8 Å². The van der Waals surface area contributed by atoms with Crippen LogP contribution in [0.3, 0.4) is 0 Å². The highest BCUT2D eigenvalue weighted by atomic mass is 32.2. The van der Waals surface area contributed by atoms with Crippen molar-refractivity contribution < 1.29 is 0 Å². The molecule has 1 heterocycles. The molecule has 0 radical (unpaired) electrons. The quantitative estimate of drug-likeness (QED) is 0.821. The summed E-state index contributed by atoms with van der Waals surface area (Å²) in [5.41, 5.74) is 6.71. The maximum atomic E-state index is 5.51. The number of hydrogen-bond acceptors (Lipinski definition) is 4. The number of aromatic nitrogens is 1. The molecule has 0 aromatic carbocycles. The smallest absolute Gasteiger partial charge is 0.128 e. The second-order valence-corrected chi connectivity index (χ2v) is 4.89. The number of nitrogens with zero attached hydrogens (tertiary/aromatic N) is 2. The van der Waals surface area contributed by atoms with Gasteiger partial charge in [0.1, 0.15) is 5.82 Å². The van der Waals surface area contributed by atoms with E-state index in [2.05, 4.69) is 42.2 Å². The Balaban J connectivity index is 2.65. The maximum absolute atomic E-state index is 5.51. The molecule has 0 aliphatic rings. The number of pyridine rings is 1. The Morgan fingerprint density at radius 3 is 2.75 bits per heavy atom. The fourth-order valence-electron chi connectivity index (χ4n) is 1.52. The lowest BCUT2D eigenvalue weighted by molar-refractivity contribution is 0.752. The third-order valence-corrected chi connectivity index (χ3v) is 3.49. The van der Waals surface area contributed by atoms with Crippen molar-refractivity contribution in [2.24, 2.45) is 5.73 Å². The van der Waals surface area contributed by atoms with E-state index in [0.717, 1.165) is 18.0 Å². The SMILES string of the molecule is CSCC(C)N(C)c1ccc(CCN)cn1. The molecular weight excluding hydrogens is 218 g/mol. The van der Waals surface area contributed by atoms with Crippen molar-refractivity contribution in [3.63, 3.8) is 0 Å². The van der Waals surface area contributed by atoms with E-state index < -0.39 is 0 Å². The third-order valence-electron chi connectivity index (χ3n) is 2.67. The molecule has 90 valence electrons. The van der Waals surface area contributed by atoms with E-state index in [0.29, 0.717) is 12.6 Å². The first kappa shape index (κ1) is 13.3. The van der Waals surface area contributed by atoms with Crippen molar-refractivity contribution in [3.8, 4) is 0 Å². The lowest BCUT2D eigenvalue weighted by Gasteiger charge is -2.25. The van der Waals surface area contributed by atoms with Crippen LogP contribution in [0.2, 0.25) is 0 Å². The summed E-state index contributed by atoms with van der Waals surface area (Å²) in [5.74, 6) is 2.14. The lowest BCUT2D eigenvalue weighted by atomic mass is 10.2. The van der Waals surface area contributed by atoms with Crippen molar-refractivity contribution in [3.05, 3.63) is 23.9 Å². The second kappa shape index (κ2) is 6.76. The van der Waals surface area contributed by atoms with Gasteiger partial charge in [0.05, 0.1) is 0 Å². The first-order valence-electron chi connectivity index (χ1n) is 5.55. The van der Waals surface area contributed by atoms with E-state index in [-0.39, 0.29) is 0 Å². The van der Waals surface area contributed by atoms with Crippen molar-refractivity contribution in [2.45, 2.75) is 19.4 Å². The van der Waals surface area contributed by atoms with Gasteiger partial charge < -0.3 is 10.6 Å². The number of anilines is 1. The lowest BCUT2D eigenvalue weighted by Crippen LogP contribution is -2.31. The Morgan fingerprint density at radius 2 is 2.25 bits per heavy atom. The van der Waals surface area contributed by atoms with Gasteiger partial charge in [0.2, 0.25) is 0 Å². The summed E-state index contributed by atoms with van der Waals surface area (Å²) >= 11 is 1.86. The van der Waals surface area contributed by atoms with Crippen LogP contribution in [0.1, 0.15) is 12.5 Å². The topological polar surface area (TPSA) is 42.1 Å². The molecule has 0 saturated heterocycles. The molecule has 1 aromatic rings. The van der Waals surface area contributed by atoms with Crippen LogP contribution in [0, 0.1) is 0 Å². The summed E-state index contributed by atoms with van der Waals surface area (Å²) in [5, 5.41) is 0. The van der Waals surface area contributed by atoms with Crippen molar-refractivity contribution in [2.75, 3.05) is 30.5 Å². The number of thioether (sulfide) groups is 1. The largest absolute Gasteiger partial charge is 0.356 e. The minimum Gasteiger partial charge on any atom is -0.356 e. The zero-order valence-corrected chi connectivity index (χ0v) is 11.1. The molecule has 3 nitrogen and oxygen atoms in total. The molecular formula is C12H21N3S. The van der Waals surface area contributed by atoms with Gasteiger partial charge in [-0.15, -0.1) is 0 Å². The zero-order chi connectivity index (χ0) is 12.0. The first-order chi connectivity index (χ1) is 7.69. The molecule has 0 aliphatic carbocycles. The van der Waals surface area contributed by atoms with Crippen LogP contribution in [-0.4, -0.2) is 36.6 Å². The van der Waals surface area contributed by atoms with Crippen molar-refractivity contribution in [1.82, 2.24) is 4.98 Å². The highest BCUT2D eigenvalue weighted by molar-refractivity contribution is 7.98. The summed E-state index contributed by atoms with van der Waals surface area (Å²) in [6, 6.07) is 4.68. The number of nitrogens with two attached hydrogens (primary N) is 1. The van der Waals surface area contributed by atoms with Crippen LogP contribution in [0.25, 0.3) is 0 Å². The van der Waals surface area contributed by atoms with Gasteiger partial charge in [-0.1, -0.05) is 6.07 Å². The van der Waals surface area contributed by atoms with E-state index in [1.54, 1.807) is 0 Å². The summed E-state index contributed by atoms with van der Waals surface area (Å²) < 4.78 is 0. The van der Waals surface area contributed by atoms with Gasteiger partial charge in [0.15, 0.2) is 0 Å². The highest BCUT2D eigenvalue weighted by Gasteiger charge is 2.09. The predicted octanol–water partition coefficient (Wildman–Crippen LogP) is 1.77. The molecule has 1 unspecified atom stereocenters. The summed E-state index contributed by atoms with van der Waals surface area (Å²) in [6.07, 6.45) is 4.95. The van der Waals surface area contributed by atoms with E-state index >= 15 is 0 Å². The molecule has 4 heteroatoms. The average molecular weight is 239 g/mol. The third kappa shape index (κ3) is 3.68. The number of hydrogen-bond donors (Lipinski definition) is 1. The van der Waals surface area contributed by atoms with Gasteiger partial charge in [0, 0.05) is 25.0 Å². The molecule has 0 fully saturated rings. The van der Waals surface area contributed by atoms with E-state index in [1.165, 1.54) is 5.56 Å². The fraction of sp³-hybridized carbons (Fsp3) is 0.583. The Bertz CT molecular complexity index is 300. The normalized spacial score (nSPS) is 12.5. The predicted molar refractivity (Wildman–Crippen MR) is 73.2 cm³/mol. The second-order valence-electron chi connectivity index (χ2n) is 3.98. The molecule has 1 rings (SSSR count). The molecule has 0 spiro atoms. The highest BCUT2D eigenvalue weighted by Crippen LogP contribution is 2.14. The van der Waals surface area contributed by atoms with Gasteiger partial charge in [-0.25, -0.2) is 4.98 Å². The van der Waals surface area contributed by atoms with Crippen LogP contribution < -0.4 is 10.6 Å². The Hall–Kier alpha value is -0.740. The van der Waals surface area contributed by atoms with E-state index in [4.69, 9.17) is 5.73 Å². The molecule has 1 atom stereocenters. The Kier molecular flexibility index (Phi) is 5.63. The molecule has 0 amide bonds. The van der Waals surface area contributed by atoms with Gasteiger partial charge >= 0.3 is 0 Å². The van der Waals surface area contributed by atoms with Crippen LogP contribution in [0.5, 0.6) is 0 Å². The molecule has 0 bridgehead atoms. The average Bonchev–Trinajstić information content (AvgIpc) is 2.30. The van der Waals surface area contributed by atoms with E-state index in [9.17, 15) is 0 Å². The zero-order valence-electron chi connectivity index (χ0n) is 10.3. The summed E-state index contributed by atoms with van der Waals surface area (Å²) in [4.78, 5) is 6.67. The Morgan fingerprint density at radius 1 is 1.50 bits per heavy atom. The standard InChI is InChI=1S/C12H21N3S/c1-10(9-16-3)15(2)12-5-4-11(6-7-13)8-14-12/h4-5,8,10H,6-7,9,13H2,1-3H3. The minimum absolute atomic E-state index is 0.503. The minimum atomic E-state index is 0.503. The fourth-order valence-corrected chi connectivity index (χ4v) is 2.22. The van der Waals surface area contributed by atoms with Gasteiger partial charge in [-0.05, 0) is 37.8 Å². The monoisotopic (exact) mass is 239 g/mol. The van der Waals surface area contributed by atoms with Crippen LogP contribution in [-0.2, 0) is 6.42 Å². The van der Waals surface area contributed by atoms with Crippen molar-refractivity contribution >= 4 is 17.6 Å². The van der Waals surface area contributed by atoms with Crippen molar-refractivity contribution in [1.29, 1.82) is 0 Å². The van der Waals surface area contributed by atoms with Gasteiger partial charge in [0.25, 0.3) is 0 Å². The van der Waals surface area contributed by atoms with Gasteiger partial charge in [-0.3, -0.25) is 0 Å². The maximum Gasteiger partial charge on any atom is 0.128 e. The summed E-state index contributed by atoms with van der Waals surface area (Å²) in [6.45, 7) is 2.89.